The molecule has 1 aliphatic rings. The van der Waals surface area contributed by atoms with Gasteiger partial charge in [-0.3, -0.25) is 9.59 Å². The molecule has 1 aliphatic carbocycles. The van der Waals surface area contributed by atoms with Crippen LogP contribution in [0.5, 0.6) is 0 Å². The molecule has 0 aliphatic heterocycles. The zero-order valence-electron chi connectivity index (χ0n) is 10.4. The van der Waals surface area contributed by atoms with Gasteiger partial charge in [-0.15, -0.1) is 6.58 Å². The normalized spacial score (nSPS) is 17.7. The van der Waals surface area contributed by atoms with Gasteiger partial charge in [-0.25, -0.2) is 0 Å². The van der Waals surface area contributed by atoms with Gasteiger partial charge in [-0.2, -0.15) is 0 Å². The van der Waals surface area contributed by atoms with Crippen molar-refractivity contribution in [2.75, 3.05) is 13.1 Å². The number of amides is 1. The summed E-state index contributed by atoms with van der Waals surface area (Å²) >= 11 is 0. The molecule has 17 heavy (non-hydrogen) atoms. The molecule has 0 aromatic heterocycles. The molecule has 1 fully saturated rings. The summed E-state index contributed by atoms with van der Waals surface area (Å²) in [7, 11) is 0. The Morgan fingerprint density at radius 1 is 1.41 bits per heavy atom. The van der Waals surface area contributed by atoms with Gasteiger partial charge >= 0.3 is 5.97 Å². The fourth-order valence-corrected chi connectivity index (χ4v) is 2.64. The van der Waals surface area contributed by atoms with E-state index in [0.717, 1.165) is 32.1 Å². The molecule has 0 radical (unpaired) electrons. The van der Waals surface area contributed by atoms with Gasteiger partial charge < -0.3 is 10.0 Å². The SMILES string of the molecule is C=CCN(CC(=O)O)C(=O)C1(CC)CCCC1. The van der Waals surface area contributed by atoms with E-state index in [1.807, 2.05) is 6.92 Å². The largest absolute Gasteiger partial charge is 0.480 e. The Hall–Kier alpha value is -1.32. The lowest BCUT2D eigenvalue weighted by Crippen LogP contribution is -2.44. The topological polar surface area (TPSA) is 57.6 Å². The van der Waals surface area contributed by atoms with Crippen LogP contribution in [0.25, 0.3) is 0 Å². The minimum atomic E-state index is -0.968. The Bertz CT molecular complexity index is 306. The molecule has 0 spiro atoms. The Morgan fingerprint density at radius 2 is 2.00 bits per heavy atom. The first kappa shape index (κ1) is 13.7. The number of nitrogens with zero attached hydrogens (tertiary/aromatic N) is 1. The molecule has 1 amide bonds. The molecule has 1 N–H and O–H groups in total. The van der Waals surface area contributed by atoms with Crippen molar-refractivity contribution in [2.24, 2.45) is 5.41 Å². The van der Waals surface area contributed by atoms with Crippen molar-refractivity contribution in [2.45, 2.75) is 39.0 Å². The number of carboxylic acid groups (broad SMARTS) is 1. The van der Waals surface area contributed by atoms with Crippen LogP contribution in [0.3, 0.4) is 0 Å². The molecule has 0 saturated heterocycles. The van der Waals surface area contributed by atoms with Gasteiger partial charge in [0, 0.05) is 12.0 Å². The first-order chi connectivity index (χ1) is 8.05. The van der Waals surface area contributed by atoms with Crippen molar-refractivity contribution in [3.63, 3.8) is 0 Å². The van der Waals surface area contributed by atoms with E-state index in [4.69, 9.17) is 5.11 Å². The summed E-state index contributed by atoms with van der Waals surface area (Å²) in [5.41, 5.74) is -0.321. The Balaban J connectivity index is 2.81. The van der Waals surface area contributed by atoms with Gasteiger partial charge in [0.1, 0.15) is 6.54 Å². The van der Waals surface area contributed by atoms with Crippen LogP contribution in [0.1, 0.15) is 39.0 Å². The van der Waals surface area contributed by atoms with Crippen LogP contribution in [0, 0.1) is 5.41 Å². The smallest absolute Gasteiger partial charge is 0.323 e. The van der Waals surface area contributed by atoms with E-state index in [-0.39, 0.29) is 17.9 Å². The predicted molar refractivity (Wildman–Crippen MR) is 65.6 cm³/mol. The first-order valence-electron chi connectivity index (χ1n) is 6.18. The molecule has 4 heteroatoms. The number of aliphatic carboxylic acids is 1. The third-order valence-electron chi connectivity index (χ3n) is 3.65. The number of carbonyl (C=O) groups excluding carboxylic acids is 1. The first-order valence-corrected chi connectivity index (χ1v) is 6.18. The summed E-state index contributed by atoms with van der Waals surface area (Å²) in [6.07, 6.45) is 6.27. The van der Waals surface area contributed by atoms with Crippen LogP contribution >= 0.6 is 0 Å². The molecule has 0 aromatic rings. The molecular weight excluding hydrogens is 218 g/mol. The number of carboxylic acids is 1. The lowest BCUT2D eigenvalue weighted by atomic mass is 9.82. The van der Waals surface area contributed by atoms with Crippen LogP contribution in [-0.4, -0.2) is 35.0 Å². The minimum absolute atomic E-state index is 0.0141. The Labute approximate surface area is 102 Å². The second-order valence-electron chi connectivity index (χ2n) is 4.71. The van der Waals surface area contributed by atoms with Gasteiger partial charge in [0.15, 0.2) is 0 Å². The standard InChI is InChI=1S/C13H21NO3/c1-3-9-14(10-11(15)16)12(17)13(4-2)7-5-6-8-13/h3H,1,4-10H2,2H3,(H,15,16). The lowest BCUT2D eigenvalue weighted by molar-refractivity contribution is -0.149. The van der Waals surface area contributed by atoms with Crippen molar-refractivity contribution >= 4 is 11.9 Å². The van der Waals surface area contributed by atoms with Crippen LogP contribution in [0.4, 0.5) is 0 Å². The maximum Gasteiger partial charge on any atom is 0.323 e. The molecule has 4 nitrogen and oxygen atoms in total. The fourth-order valence-electron chi connectivity index (χ4n) is 2.64. The third kappa shape index (κ3) is 3.08. The summed E-state index contributed by atoms with van der Waals surface area (Å²) in [5.74, 6) is -0.982. The molecule has 0 atom stereocenters. The number of carbonyl (C=O) groups is 2. The fraction of sp³-hybridized carbons (Fsp3) is 0.692. The molecule has 0 heterocycles. The van der Waals surface area contributed by atoms with E-state index in [9.17, 15) is 9.59 Å². The summed E-state index contributed by atoms with van der Waals surface area (Å²) < 4.78 is 0. The molecule has 0 bridgehead atoms. The van der Waals surface area contributed by atoms with E-state index in [1.54, 1.807) is 6.08 Å². The average Bonchev–Trinajstić information content (AvgIpc) is 2.76. The van der Waals surface area contributed by atoms with Gasteiger partial charge in [-0.1, -0.05) is 25.8 Å². The summed E-state index contributed by atoms with van der Waals surface area (Å²) in [6, 6.07) is 0. The summed E-state index contributed by atoms with van der Waals surface area (Å²) in [5, 5.41) is 8.83. The molecule has 1 rings (SSSR count). The van der Waals surface area contributed by atoms with Gasteiger partial charge in [0.05, 0.1) is 0 Å². The van der Waals surface area contributed by atoms with Crippen LogP contribution in [-0.2, 0) is 9.59 Å². The van der Waals surface area contributed by atoms with E-state index >= 15 is 0 Å². The highest BCUT2D eigenvalue weighted by molar-refractivity contribution is 5.86. The minimum Gasteiger partial charge on any atom is -0.480 e. The number of rotatable bonds is 6. The number of hydrogen-bond acceptors (Lipinski definition) is 2. The molecule has 0 unspecified atom stereocenters. The molecule has 1 saturated carbocycles. The Kier molecular flexibility index (Phi) is 4.73. The zero-order valence-corrected chi connectivity index (χ0v) is 10.4. The predicted octanol–water partition coefficient (Wildman–Crippen LogP) is 2.06. The molecule has 96 valence electrons. The van der Waals surface area contributed by atoms with Gasteiger partial charge in [0.25, 0.3) is 0 Å². The maximum atomic E-state index is 12.4. The second-order valence-corrected chi connectivity index (χ2v) is 4.71. The summed E-state index contributed by atoms with van der Waals surface area (Å²) in [4.78, 5) is 24.6. The van der Waals surface area contributed by atoms with Crippen LogP contribution in [0.15, 0.2) is 12.7 Å². The molecule has 0 aromatic carbocycles. The highest BCUT2D eigenvalue weighted by Gasteiger charge is 2.41. The highest BCUT2D eigenvalue weighted by Crippen LogP contribution is 2.42. The van der Waals surface area contributed by atoms with E-state index in [2.05, 4.69) is 6.58 Å². The van der Waals surface area contributed by atoms with Crippen molar-refractivity contribution in [3.05, 3.63) is 12.7 Å². The van der Waals surface area contributed by atoms with Gasteiger partial charge in [0.2, 0.25) is 5.91 Å². The van der Waals surface area contributed by atoms with Crippen molar-refractivity contribution in [1.82, 2.24) is 4.90 Å². The third-order valence-corrected chi connectivity index (χ3v) is 3.65. The molecular formula is C13H21NO3. The lowest BCUT2D eigenvalue weighted by Gasteiger charge is -2.32. The Morgan fingerprint density at radius 3 is 2.41 bits per heavy atom. The zero-order chi connectivity index (χ0) is 12.9. The van der Waals surface area contributed by atoms with Gasteiger partial charge in [-0.05, 0) is 19.3 Å². The van der Waals surface area contributed by atoms with Crippen LogP contribution < -0.4 is 0 Å². The quantitative estimate of drug-likeness (QED) is 0.722. The average molecular weight is 239 g/mol. The van der Waals surface area contributed by atoms with Crippen molar-refractivity contribution < 1.29 is 14.7 Å². The summed E-state index contributed by atoms with van der Waals surface area (Å²) in [6.45, 7) is 5.67. The number of hydrogen-bond donors (Lipinski definition) is 1. The maximum absolute atomic E-state index is 12.4. The second kappa shape index (κ2) is 5.84. The van der Waals surface area contributed by atoms with E-state index < -0.39 is 5.97 Å². The van der Waals surface area contributed by atoms with Crippen LogP contribution in [0.2, 0.25) is 0 Å². The van der Waals surface area contributed by atoms with E-state index in [1.165, 1.54) is 4.90 Å². The van der Waals surface area contributed by atoms with Crippen molar-refractivity contribution in [3.8, 4) is 0 Å². The monoisotopic (exact) mass is 239 g/mol. The van der Waals surface area contributed by atoms with Crippen molar-refractivity contribution in [1.29, 1.82) is 0 Å². The van der Waals surface area contributed by atoms with E-state index in [0.29, 0.717) is 6.54 Å². The highest BCUT2D eigenvalue weighted by atomic mass is 16.4.